The van der Waals surface area contributed by atoms with Gasteiger partial charge < -0.3 is 5.32 Å². The number of nitrogens with zero attached hydrogens (tertiary/aromatic N) is 2. The van der Waals surface area contributed by atoms with Gasteiger partial charge in [0.05, 0.1) is 10.6 Å². The van der Waals surface area contributed by atoms with E-state index in [1.54, 1.807) is 0 Å². The van der Waals surface area contributed by atoms with Crippen LogP contribution in [-0.4, -0.2) is 36.2 Å². The summed E-state index contributed by atoms with van der Waals surface area (Å²) in [5.41, 5.74) is 0.732. The molecule has 0 spiro atoms. The topological polar surface area (TPSA) is 79.4 Å². The quantitative estimate of drug-likeness (QED) is 0.837. The summed E-state index contributed by atoms with van der Waals surface area (Å²) < 4.78 is 40.0. The number of aromatic nitrogens is 1. The highest BCUT2D eigenvalue weighted by Crippen LogP contribution is 2.29. The van der Waals surface area contributed by atoms with Gasteiger partial charge >= 0.3 is 0 Å². The molecule has 1 aromatic heterocycles. The fraction of sp³-hybridized carbons (Fsp3) is 0.444. The van der Waals surface area contributed by atoms with E-state index >= 15 is 0 Å². The van der Waals surface area contributed by atoms with Crippen molar-refractivity contribution in [3.05, 3.63) is 41.2 Å². The highest BCUT2D eigenvalue weighted by molar-refractivity contribution is 7.89. The summed E-state index contributed by atoms with van der Waals surface area (Å²) in [5, 5.41) is 5.08. The van der Waals surface area contributed by atoms with Crippen LogP contribution >= 0.6 is 11.3 Å². The lowest BCUT2D eigenvalue weighted by Gasteiger charge is -2.23. The minimum atomic E-state index is -3.87. The van der Waals surface area contributed by atoms with Crippen molar-refractivity contribution >= 4 is 32.4 Å². The molecule has 1 aliphatic rings. The fourth-order valence-electron chi connectivity index (χ4n) is 2.90. The van der Waals surface area contributed by atoms with Crippen LogP contribution in [0.25, 0.3) is 0 Å². The molecule has 1 unspecified atom stereocenters. The van der Waals surface area contributed by atoms with Gasteiger partial charge in [-0.05, 0) is 37.1 Å². The molecule has 146 valence electrons. The van der Waals surface area contributed by atoms with E-state index in [4.69, 9.17) is 0 Å². The lowest BCUT2D eigenvalue weighted by atomic mass is 9.93. The Bertz CT molecular complexity index is 934. The number of nitrogens with one attached hydrogen (secondary N) is 1. The zero-order chi connectivity index (χ0) is 19.8. The molecular formula is C18H22FN3O3S2. The summed E-state index contributed by atoms with van der Waals surface area (Å²) in [6.07, 6.45) is 1.02. The minimum Gasteiger partial charge on any atom is -0.301 e. The van der Waals surface area contributed by atoms with Crippen LogP contribution in [0.15, 0.2) is 34.5 Å². The average molecular weight is 412 g/mol. The lowest BCUT2D eigenvalue weighted by molar-refractivity contribution is -0.119. The van der Waals surface area contributed by atoms with Gasteiger partial charge in [0.1, 0.15) is 11.9 Å². The molecule has 0 saturated carbocycles. The summed E-state index contributed by atoms with van der Waals surface area (Å²) >= 11 is 1.32. The molecule has 0 radical (unpaired) electrons. The maximum absolute atomic E-state index is 13.1. The molecule has 1 fully saturated rings. The second kappa shape index (κ2) is 7.29. The van der Waals surface area contributed by atoms with Gasteiger partial charge in [-0.3, -0.25) is 4.79 Å². The van der Waals surface area contributed by atoms with Crippen molar-refractivity contribution < 1.29 is 17.6 Å². The van der Waals surface area contributed by atoms with Crippen molar-refractivity contribution in [3.8, 4) is 0 Å². The zero-order valence-electron chi connectivity index (χ0n) is 15.4. The summed E-state index contributed by atoms with van der Waals surface area (Å²) in [5.74, 6) is -0.906. The number of hydrogen-bond acceptors (Lipinski definition) is 5. The van der Waals surface area contributed by atoms with Crippen molar-refractivity contribution in [1.82, 2.24) is 9.29 Å². The molecule has 0 aliphatic carbocycles. The first-order valence-corrected chi connectivity index (χ1v) is 11.0. The summed E-state index contributed by atoms with van der Waals surface area (Å²) in [6.45, 7) is 6.34. The van der Waals surface area contributed by atoms with Crippen molar-refractivity contribution in [3.63, 3.8) is 0 Å². The molecule has 1 atom stereocenters. The third-order valence-electron chi connectivity index (χ3n) is 4.43. The number of sulfonamides is 1. The van der Waals surface area contributed by atoms with Crippen molar-refractivity contribution in [1.29, 1.82) is 0 Å². The van der Waals surface area contributed by atoms with Crippen LogP contribution in [0.2, 0.25) is 0 Å². The molecule has 2 heterocycles. The van der Waals surface area contributed by atoms with E-state index in [0.29, 0.717) is 18.0 Å². The van der Waals surface area contributed by atoms with Crippen LogP contribution in [0.1, 0.15) is 39.3 Å². The second-order valence-electron chi connectivity index (χ2n) is 7.50. The summed E-state index contributed by atoms with van der Waals surface area (Å²) in [4.78, 5) is 17.1. The lowest BCUT2D eigenvalue weighted by Crippen LogP contribution is -2.43. The molecule has 9 heteroatoms. The SMILES string of the molecule is CC(C)(C)c1csc(NC(=O)C2CCCN2S(=O)(=O)c2ccc(F)cc2)n1. The number of thiazole rings is 1. The number of rotatable bonds is 4. The Morgan fingerprint density at radius 2 is 1.96 bits per heavy atom. The van der Waals surface area contributed by atoms with Gasteiger partial charge in [0.15, 0.2) is 5.13 Å². The first-order chi connectivity index (χ1) is 12.6. The molecule has 1 N–H and O–H groups in total. The van der Waals surface area contributed by atoms with Gasteiger partial charge in [-0.25, -0.2) is 17.8 Å². The number of halogens is 1. The smallest absolute Gasteiger partial charge is 0.244 e. The zero-order valence-corrected chi connectivity index (χ0v) is 17.0. The standard InChI is InChI=1S/C18H22FN3O3S2/c1-18(2,3)15-11-26-17(20-15)21-16(23)14-5-4-10-22(14)27(24,25)13-8-6-12(19)7-9-13/h6-9,11,14H,4-5,10H2,1-3H3,(H,20,21,23). The van der Waals surface area contributed by atoms with Crippen LogP contribution < -0.4 is 5.32 Å². The Morgan fingerprint density at radius 3 is 2.56 bits per heavy atom. The molecular weight excluding hydrogens is 389 g/mol. The highest BCUT2D eigenvalue weighted by Gasteiger charge is 2.39. The number of anilines is 1. The van der Waals surface area contributed by atoms with E-state index in [1.807, 2.05) is 26.2 Å². The summed E-state index contributed by atoms with van der Waals surface area (Å²) in [7, 11) is -3.87. The average Bonchev–Trinajstić information content (AvgIpc) is 3.24. The Morgan fingerprint density at radius 1 is 1.30 bits per heavy atom. The first-order valence-electron chi connectivity index (χ1n) is 8.63. The summed E-state index contributed by atoms with van der Waals surface area (Å²) in [6, 6.07) is 3.83. The van der Waals surface area contributed by atoms with Crippen LogP contribution in [-0.2, 0) is 20.2 Å². The van der Waals surface area contributed by atoms with E-state index in [0.717, 1.165) is 17.8 Å². The van der Waals surface area contributed by atoms with Crippen LogP contribution in [0.5, 0.6) is 0 Å². The monoisotopic (exact) mass is 411 g/mol. The number of amides is 1. The van der Waals surface area contributed by atoms with Crippen molar-refractivity contribution in [2.75, 3.05) is 11.9 Å². The minimum absolute atomic E-state index is 0.0205. The Hall–Kier alpha value is -1.84. The molecule has 2 aromatic rings. The van der Waals surface area contributed by atoms with Gasteiger partial charge in [0, 0.05) is 17.3 Å². The van der Waals surface area contributed by atoms with Gasteiger partial charge in [0.2, 0.25) is 15.9 Å². The molecule has 27 heavy (non-hydrogen) atoms. The Kier molecular flexibility index (Phi) is 5.38. The molecule has 6 nitrogen and oxygen atoms in total. The number of hydrogen-bond donors (Lipinski definition) is 1. The van der Waals surface area contributed by atoms with E-state index < -0.39 is 27.8 Å². The number of carbonyl (C=O) groups excluding carboxylic acids is 1. The molecule has 1 saturated heterocycles. The maximum atomic E-state index is 13.1. The van der Waals surface area contributed by atoms with Gasteiger partial charge in [-0.1, -0.05) is 20.8 Å². The largest absolute Gasteiger partial charge is 0.301 e. The van der Waals surface area contributed by atoms with Gasteiger partial charge in [0.25, 0.3) is 0 Å². The number of carbonyl (C=O) groups is 1. The number of benzene rings is 1. The maximum Gasteiger partial charge on any atom is 0.244 e. The van der Waals surface area contributed by atoms with E-state index in [-0.39, 0.29) is 16.9 Å². The predicted molar refractivity (Wildman–Crippen MR) is 103 cm³/mol. The third-order valence-corrected chi connectivity index (χ3v) is 7.11. The van der Waals surface area contributed by atoms with E-state index in [1.165, 1.54) is 27.8 Å². The molecule has 1 amide bonds. The van der Waals surface area contributed by atoms with Crippen molar-refractivity contribution in [2.45, 2.75) is 50.0 Å². The van der Waals surface area contributed by atoms with Crippen LogP contribution in [0.3, 0.4) is 0 Å². The van der Waals surface area contributed by atoms with Gasteiger partial charge in [-0.2, -0.15) is 4.31 Å². The normalized spacial score (nSPS) is 18.6. The molecule has 3 rings (SSSR count). The highest BCUT2D eigenvalue weighted by atomic mass is 32.2. The molecule has 0 bridgehead atoms. The second-order valence-corrected chi connectivity index (χ2v) is 10.3. The van der Waals surface area contributed by atoms with Crippen LogP contribution in [0.4, 0.5) is 9.52 Å². The van der Waals surface area contributed by atoms with Crippen molar-refractivity contribution in [2.24, 2.45) is 0 Å². The molecule has 1 aliphatic heterocycles. The fourth-order valence-corrected chi connectivity index (χ4v) is 5.49. The van der Waals surface area contributed by atoms with E-state index in [2.05, 4.69) is 10.3 Å². The predicted octanol–water partition coefficient (Wildman–Crippen LogP) is 3.37. The van der Waals surface area contributed by atoms with Crippen LogP contribution in [0, 0.1) is 5.82 Å². The third kappa shape index (κ3) is 4.20. The van der Waals surface area contributed by atoms with Gasteiger partial charge in [-0.15, -0.1) is 11.3 Å². The Labute approximate surface area is 162 Å². The Balaban J connectivity index is 1.78. The van der Waals surface area contributed by atoms with E-state index in [9.17, 15) is 17.6 Å². The first kappa shape index (κ1) is 19.9. The molecule has 1 aromatic carbocycles.